The van der Waals surface area contributed by atoms with Gasteiger partial charge in [0.05, 0.1) is 12.2 Å². The molecule has 1 aromatic heterocycles. The van der Waals surface area contributed by atoms with Gasteiger partial charge in [0.25, 0.3) is 0 Å². The van der Waals surface area contributed by atoms with Gasteiger partial charge in [0.1, 0.15) is 0 Å². The molecule has 0 saturated carbocycles. The van der Waals surface area contributed by atoms with Crippen molar-refractivity contribution in [3.05, 3.63) is 59.4 Å². The number of benzene rings is 1. The van der Waals surface area contributed by atoms with Gasteiger partial charge in [-0.05, 0) is 24.6 Å². The van der Waals surface area contributed by atoms with Gasteiger partial charge in [-0.2, -0.15) is 0 Å². The standard InChI is InChI=1S/C17H20N4O/c1-13-11-15(20-17(19-13)21(2)3)12-18-16(22)10-9-14-7-5-4-6-8-14/h4-11H,12H2,1-3H3,(H,18,22). The maximum Gasteiger partial charge on any atom is 0.244 e. The van der Waals surface area contributed by atoms with Crippen LogP contribution in [0.4, 0.5) is 5.95 Å². The lowest BCUT2D eigenvalue weighted by molar-refractivity contribution is -0.116. The van der Waals surface area contributed by atoms with Crippen LogP contribution in [-0.4, -0.2) is 30.0 Å². The Labute approximate surface area is 130 Å². The summed E-state index contributed by atoms with van der Waals surface area (Å²) in [7, 11) is 3.78. The van der Waals surface area contributed by atoms with Crippen LogP contribution in [0.2, 0.25) is 0 Å². The van der Waals surface area contributed by atoms with E-state index in [0.717, 1.165) is 17.0 Å². The number of anilines is 1. The quantitative estimate of drug-likeness (QED) is 0.859. The number of hydrogen-bond acceptors (Lipinski definition) is 4. The molecule has 2 rings (SSSR count). The summed E-state index contributed by atoms with van der Waals surface area (Å²) >= 11 is 0. The Kier molecular flexibility index (Phi) is 5.25. The second-order valence-electron chi connectivity index (χ2n) is 5.16. The van der Waals surface area contributed by atoms with E-state index in [1.165, 1.54) is 6.08 Å². The molecular formula is C17H20N4O. The van der Waals surface area contributed by atoms with E-state index in [1.54, 1.807) is 6.08 Å². The van der Waals surface area contributed by atoms with Crippen molar-refractivity contribution in [3.63, 3.8) is 0 Å². The number of aromatic nitrogens is 2. The van der Waals surface area contributed by atoms with Gasteiger partial charge in [0.15, 0.2) is 0 Å². The van der Waals surface area contributed by atoms with Gasteiger partial charge in [-0.25, -0.2) is 9.97 Å². The van der Waals surface area contributed by atoms with Crippen molar-refractivity contribution in [1.29, 1.82) is 0 Å². The summed E-state index contributed by atoms with van der Waals surface area (Å²) < 4.78 is 0. The average Bonchev–Trinajstić information content (AvgIpc) is 2.51. The zero-order valence-corrected chi connectivity index (χ0v) is 13.1. The third-order valence-corrected chi connectivity index (χ3v) is 2.97. The van der Waals surface area contributed by atoms with E-state index in [-0.39, 0.29) is 5.91 Å². The number of aryl methyl sites for hydroxylation is 1. The van der Waals surface area contributed by atoms with E-state index in [4.69, 9.17) is 0 Å². The molecule has 0 bridgehead atoms. The van der Waals surface area contributed by atoms with E-state index in [2.05, 4.69) is 15.3 Å². The molecule has 22 heavy (non-hydrogen) atoms. The van der Waals surface area contributed by atoms with Gasteiger partial charge in [-0.3, -0.25) is 4.79 Å². The lowest BCUT2D eigenvalue weighted by atomic mass is 10.2. The van der Waals surface area contributed by atoms with Crippen molar-refractivity contribution in [2.75, 3.05) is 19.0 Å². The van der Waals surface area contributed by atoms with E-state index in [9.17, 15) is 4.79 Å². The molecule has 114 valence electrons. The summed E-state index contributed by atoms with van der Waals surface area (Å²) in [6.45, 7) is 2.29. The lowest BCUT2D eigenvalue weighted by Gasteiger charge is -2.12. The molecule has 0 fully saturated rings. The Hall–Kier alpha value is -2.69. The normalized spacial score (nSPS) is 10.7. The molecule has 1 N–H and O–H groups in total. The summed E-state index contributed by atoms with van der Waals surface area (Å²) in [5.41, 5.74) is 2.66. The SMILES string of the molecule is Cc1cc(CNC(=O)C=Cc2ccccc2)nc(N(C)C)n1. The second-order valence-corrected chi connectivity index (χ2v) is 5.16. The predicted molar refractivity (Wildman–Crippen MR) is 88.4 cm³/mol. The molecule has 0 radical (unpaired) electrons. The van der Waals surface area contributed by atoms with Crippen LogP contribution in [0.5, 0.6) is 0 Å². The number of nitrogens with zero attached hydrogens (tertiary/aromatic N) is 3. The fourth-order valence-electron chi connectivity index (χ4n) is 1.88. The van der Waals surface area contributed by atoms with Crippen molar-refractivity contribution in [2.24, 2.45) is 0 Å². The maximum atomic E-state index is 11.8. The first-order valence-corrected chi connectivity index (χ1v) is 7.07. The molecule has 1 heterocycles. The number of rotatable bonds is 5. The van der Waals surface area contributed by atoms with Crippen LogP contribution >= 0.6 is 0 Å². The fourth-order valence-corrected chi connectivity index (χ4v) is 1.88. The van der Waals surface area contributed by atoms with Crippen molar-refractivity contribution in [3.8, 4) is 0 Å². The molecule has 0 atom stereocenters. The summed E-state index contributed by atoms with van der Waals surface area (Å²) in [6, 6.07) is 11.6. The first-order valence-electron chi connectivity index (χ1n) is 7.07. The average molecular weight is 296 g/mol. The molecule has 1 aromatic carbocycles. The molecule has 0 saturated heterocycles. The summed E-state index contributed by atoms with van der Waals surface area (Å²) in [4.78, 5) is 22.4. The Morgan fingerprint density at radius 3 is 2.64 bits per heavy atom. The van der Waals surface area contributed by atoms with Gasteiger partial charge in [-0.1, -0.05) is 30.3 Å². The zero-order valence-electron chi connectivity index (χ0n) is 13.1. The summed E-state index contributed by atoms with van der Waals surface area (Å²) in [5, 5.41) is 2.83. The van der Waals surface area contributed by atoms with E-state index in [1.807, 2.05) is 62.3 Å². The number of nitrogens with one attached hydrogen (secondary N) is 1. The molecular weight excluding hydrogens is 276 g/mol. The maximum absolute atomic E-state index is 11.8. The number of hydrogen-bond donors (Lipinski definition) is 1. The van der Waals surface area contributed by atoms with Crippen molar-refractivity contribution in [2.45, 2.75) is 13.5 Å². The number of amides is 1. The molecule has 5 nitrogen and oxygen atoms in total. The highest BCUT2D eigenvalue weighted by atomic mass is 16.1. The Balaban J connectivity index is 1.95. The van der Waals surface area contributed by atoms with Crippen LogP contribution in [0.15, 0.2) is 42.5 Å². The van der Waals surface area contributed by atoms with Crippen LogP contribution in [0.3, 0.4) is 0 Å². The van der Waals surface area contributed by atoms with E-state index < -0.39 is 0 Å². The molecule has 0 spiro atoms. The first kappa shape index (κ1) is 15.7. The topological polar surface area (TPSA) is 58.1 Å². The highest BCUT2D eigenvalue weighted by Gasteiger charge is 2.05. The molecule has 2 aromatic rings. The fraction of sp³-hybridized carbons (Fsp3) is 0.235. The Morgan fingerprint density at radius 1 is 1.23 bits per heavy atom. The van der Waals surface area contributed by atoms with E-state index in [0.29, 0.717) is 12.5 Å². The second kappa shape index (κ2) is 7.36. The monoisotopic (exact) mass is 296 g/mol. The largest absolute Gasteiger partial charge is 0.347 e. The number of carbonyl (C=O) groups excluding carboxylic acids is 1. The van der Waals surface area contributed by atoms with Crippen LogP contribution in [-0.2, 0) is 11.3 Å². The number of carbonyl (C=O) groups is 1. The van der Waals surface area contributed by atoms with Crippen LogP contribution in [0, 0.1) is 6.92 Å². The van der Waals surface area contributed by atoms with E-state index >= 15 is 0 Å². The molecule has 5 heteroatoms. The highest BCUT2D eigenvalue weighted by Crippen LogP contribution is 2.07. The summed E-state index contributed by atoms with van der Waals surface area (Å²) in [6.07, 6.45) is 3.31. The third-order valence-electron chi connectivity index (χ3n) is 2.97. The van der Waals surface area contributed by atoms with Crippen LogP contribution < -0.4 is 10.2 Å². The summed E-state index contributed by atoms with van der Waals surface area (Å²) in [5.74, 6) is 0.496. The van der Waals surface area contributed by atoms with Crippen molar-refractivity contribution < 1.29 is 4.79 Å². The van der Waals surface area contributed by atoms with Gasteiger partial charge in [-0.15, -0.1) is 0 Å². The van der Waals surface area contributed by atoms with Crippen molar-refractivity contribution >= 4 is 17.9 Å². The smallest absolute Gasteiger partial charge is 0.244 e. The molecule has 0 aliphatic heterocycles. The lowest BCUT2D eigenvalue weighted by Crippen LogP contribution is -2.22. The molecule has 0 aliphatic carbocycles. The predicted octanol–water partition coefficient (Wildman–Crippen LogP) is 2.18. The Morgan fingerprint density at radius 2 is 1.95 bits per heavy atom. The van der Waals surface area contributed by atoms with Gasteiger partial charge < -0.3 is 10.2 Å². The molecule has 1 amide bonds. The van der Waals surface area contributed by atoms with Gasteiger partial charge >= 0.3 is 0 Å². The van der Waals surface area contributed by atoms with Crippen LogP contribution in [0.1, 0.15) is 17.0 Å². The minimum Gasteiger partial charge on any atom is -0.347 e. The highest BCUT2D eigenvalue weighted by molar-refractivity contribution is 5.91. The minimum atomic E-state index is -0.147. The molecule has 0 aliphatic rings. The molecule has 0 unspecified atom stereocenters. The van der Waals surface area contributed by atoms with Gasteiger partial charge in [0.2, 0.25) is 11.9 Å². The Bertz CT molecular complexity index is 666. The van der Waals surface area contributed by atoms with Crippen molar-refractivity contribution in [1.82, 2.24) is 15.3 Å². The third kappa shape index (κ3) is 4.70. The van der Waals surface area contributed by atoms with Crippen LogP contribution in [0.25, 0.3) is 6.08 Å². The zero-order chi connectivity index (χ0) is 15.9. The van der Waals surface area contributed by atoms with Gasteiger partial charge in [0, 0.05) is 25.9 Å². The first-order chi connectivity index (χ1) is 10.5. The minimum absolute atomic E-state index is 0.147.